The van der Waals surface area contributed by atoms with E-state index in [2.05, 4.69) is 4.72 Å². The summed E-state index contributed by atoms with van der Waals surface area (Å²) in [5, 5.41) is 0. The number of rotatable bonds is 3. The van der Waals surface area contributed by atoms with Crippen LogP contribution in [-0.2, 0) is 17.4 Å². The summed E-state index contributed by atoms with van der Waals surface area (Å²) in [4.78, 5) is 0. The third kappa shape index (κ3) is 3.63. The fourth-order valence-electron chi connectivity index (χ4n) is 2.06. The molecule has 1 N–H and O–H groups in total. The first-order valence-corrected chi connectivity index (χ1v) is 7.09. The zero-order valence-corrected chi connectivity index (χ0v) is 12.0. The first-order chi connectivity index (χ1) is 10.2. The van der Waals surface area contributed by atoms with E-state index in [1.54, 1.807) is 6.92 Å². The zero-order valence-electron chi connectivity index (χ0n) is 11.2. The molecule has 1 atom stereocenters. The SMILES string of the molecule is Cc1cc(NS(=O)[O-])ccc1-c1ccc(C(F)(F)F)c(F)c1. The summed E-state index contributed by atoms with van der Waals surface area (Å²) in [6.45, 7) is 1.64. The fourth-order valence-corrected chi connectivity index (χ4v) is 2.38. The van der Waals surface area contributed by atoms with Crippen molar-refractivity contribution >= 4 is 17.0 Å². The number of benzene rings is 2. The van der Waals surface area contributed by atoms with Crippen molar-refractivity contribution in [3.05, 3.63) is 53.3 Å². The second kappa shape index (κ2) is 6.05. The Morgan fingerprint density at radius 2 is 1.82 bits per heavy atom. The van der Waals surface area contributed by atoms with Crippen molar-refractivity contribution in [2.75, 3.05) is 4.72 Å². The van der Waals surface area contributed by atoms with Gasteiger partial charge in [-0.25, -0.2) is 4.39 Å². The summed E-state index contributed by atoms with van der Waals surface area (Å²) in [5.74, 6) is -1.35. The summed E-state index contributed by atoms with van der Waals surface area (Å²) in [5.41, 5.74) is 0.359. The van der Waals surface area contributed by atoms with Gasteiger partial charge in [0.05, 0.1) is 5.56 Å². The van der Waals surface area contributed by atoms with Crippen molar-refractivity contribution in [2.45, 2.75) is 13.1 Å². The topological polar surface area (TPSA) is 52.2 Å². The van der Waals surface area contributed by atoms with Gasteiger partial charge in [-0.3, -0.25) is 4.21 Å². The Hall–Kier alpha value is -1.93. The standard InChI is InChI=1S/C14H11F4NO2S/c1-8-6-10(19-22(20)21)3-4-11(8)9-2-5-12(13(15)7-9)14(16,17)18/h2-7,19H,1H3,(H,20,21)/p-1. The molecule has 2 rings (SSSR count). The van der Waals surface area contributed by atoms with Crippen molar-refractivity contribution in [1.29, 1.82) is 0 Å². The van der Waals surface area contributed by atoms with Gasteiger partial charge < -0.3 is 9.27 Å². The monoisotopic (exact) mass is 332 g/mol. The van der Waals surface area contributed by atoms with Crippen LogP contribution in [0.5, 0.6) is 0 Å². The van der Waals surface area contributed by atoms with Gasteiger partial charge in [0.2, 0.25) is 0 Å². The van der Waals surface area contributed by atoms with Gasteiger partial charge in [-0.05, 0) is 47.9 Å². The summed E-state index contributed by atoms with van der Waals surface area (Å²) >= 11 is -2.48. The molecule has 0 radical (unpaired) electrons. The molecule has 0 saturated heterocycles. The molecule has 3 nitrogen and oxygen atoms in total. The maximum atomic E-state index is 13.6. The lowest BCUT2D eigenvalue weighted by atomic mass is 9.98. The highest BCUT2D eigenvalue weighted by Crippen LogP contribution is 2.34. The highest BCUT2D eigenvalue weighted by atomic mass is 32.2. The molecule has 0 aliphatic rings. The molecule has 118 valence electrons. The second-order valence-electron chi connectivity index (χ2n) is 4.56. The predicted molar refractivity (Wildman–Crippen MR) is 74.1 cm³/mol. The van der Waals surface area contributed by atoms with Gasteiger partial charge in [0, 0.05) is 17.0 Å². The summed E-state index contributed by atoms with van der Waals surface area (Å²) in [6.07, 6.45) is -4.75. The Balaban J connectivity index is 2.40. The number of alkyl halides is 3. The maximum absolute atomic E-state index is 13.6. The van der Waals surface area contributed by atoms with Crippen LogP contribution in [0.1, 0.15) is 11.1 Å². The van der Waals surface area contributed by atoms with Gasteiger partial charge in [0.15, 0.2) is 0 Å². The average Bonchev–Trinajstić information content (AvgIpc) is 2.36. The van der Waals surface area contributed by atoms with Gasteiger partial charge in [-0.15, -0.1) is 0 Å². The van der Waals surface area contributed by atoms with Gasteiger partial charge in [0.1, 0.15) is 5.82 Å². The van der Waals surface area contributed by atoms with Gasteiger partial charge >= 0.3 is 6.18 Å². The molecule has 0 heterocycles. The number of hydrogen-bond acceptors (Lipinski definition) is 2. The minimum absolute atomic E-state index is 0.276. The summed E-state index contributed by atoms with van der Waals surface area (Å²) in [6, 6.07) is 7.11. The number of nitrogens with one attached hydrogen (secondary N) is 1. The second-order valence-corrected chi connectivity index (χ2v) is 5.23. The predicted octanol–water partition coefficient (Wildman–Crippen LogP) is 4.03. The number of aryl methyl sites for hydroxylation is 1. The van der Waals surface area contributed by atoms with E-state index in [0.29, 0.717) is 22.9 Å². The lowest BCUT2D eigenvalue weighted by molar-refractivity contribution is -0.139. The molecule has 0 aliphatic heterocycles. The third-order valence-electron chi connectivity index (χ3n) is 3.01. The summed E-state index contributed by atoms with van der Waals surface area (Å²) < 4.78 is 74.4. The van der Waals surface area contributed by atoms with E-state index >= 15 is 0 Å². The van der Waals surface area contributed by atoms with E-state index in [1.807, 2.05) is 0 Å². The van der Waals surface area contributed by atoms with Crippen LogP contribution in [0.15, 0.2) is 36.4 Å². The Labute approximate surface area is 126 Å². The molecule has 0 fully saturated rings. The number of hydrogen-bond donors (Lipinski definition) is 1. The fraction of sp³-hybridized carbons (Fsp3) is 0.143. The molecule has 22 heavy (non-hydrogen) atoms. The van der Waals surface area contributed by atoms with E-state index in [1.165, 1.54) is 24.3 Å². The van der Waals surface area contributed by atoms with Crippen molar-refractivity contribution in [3.63, 3.8) is 0 Å². The van der Waals surface area contributed by atoms with Gasteiger partial charge in [-0.2, -0.15) is 13.2 Å². The van der Waals surface area contributed by atoms with Crippen molar-refractivity contribution in [3.8, 4) is 11.1 Å². The van der Waals surface area contributed by atoms with Crippen LogP contribution >= 0.6 is 0 Å². The Kier molecular flexibility index (Phi) is 4.52. The van der Waals surface area contributed by atoms with Crippen molar-refractivity contribution in [2.24, 2.45) is 0 Å². The van der Waals surface area contributed by atoms with Crippen LogP contribution in [0.25, 0.3) is 11.1 Å². The highest BCUT2D eigenvalue weighted by Gasteiger charge is 2.33. The smallest absolute Gasteiger partial charge is 0.419 e. The van der Waals surface area contributed by atoms with Crippen LogP contribution in [0.4, 0.5) is 23.2 Å². The molecule has 1 unspecified atom stereocenters. The zero-order chi connectivity index (χ0) is 16.5. The molecule has 0 aliphatic carbocycles. The van der Waals surface area contributed by atoms with Gasteiger partial charge in [-0.1, -0.05) is 12.1 Å². The number of anilines is 1. The van der Waals surface area contributed by atoms with Crippen LogP contribution in [0, 0.1) is 12.7 Å². The molecular weight excluding hydrogens is 322 g/mol. The first kappa shape index (κ1) is 16.4. The molecule has 0 aromatic heterocycles. The minimum Gasteiger partial charge on any atom is -0.755 e. The van der Waals surface area contributed by atoms with E-state index in [9.17, 15) is 26.3 Å². The third-order valence-corrected chi connectivity index (χ3v) is 3.42. The van der Waals surface area contributed by atoms with E-state index in [0.717, 1.165) is 6.07 Å². The lowest BCUT2D eigenvalue weighted by Crippen LogP contribution is -2.08. The highest BCUT2D eigenvalue weighted by molar-refractivity contribution is 7.80. The Morgan fingerprint density at radius 3 is 2.32 bits per heavy atom. The molecule has 8 heteroatoms. The minimum atomic E-state index is -4.75. The molecule has 2 aromatic carbocycles. The quantitative estimate of drug-likeness (QED) is 0.682. The molecule has 0 bridgehead atoms. The van der Waals surface area contributed by atoms with E-state index < -0.39 is 28.8 Å². The van der Waals surface area contributed by atoms with E-state index in [4.69, 9.17) is 0 Å². The Morgan fingerprint density at radius 1 is 1.14 bits per heavy atom. The largest absolute Gasteiger partial charge is 0.755 e. The molecular formula is C14H10F4NO2S-. The van der Waals surface area contributed by atoms with E-state index in [-0.39, 0.29) is 5.56 Å². The molecule has 2 aromatic rings. The molecule has 0 saturated carbocycles. The maximum Gasteiger partial charge on any atom is 0.419 e. The molecule has 0 spiro atoms. The molecule has 0 amide bonds. The average molecular weight is 332 g/mol. The summed E-state index contributed by atoms with van der Waals surface area (Å²) in [7, 11) is 0. The number of halogens is 4. The van der Waals surface area contributed by atoms with Gasteiger partial charge in [0.25, 0.3) is 0 Å². The normalized spacial score (nSPS) is 13.0. The van der Waals surface area contributed by atoms with Crippen LogP contribution in [0.3, 0.4) is 0 Å². The lowest BCUT2D eigenvalue weighted by Gasteiger charge is -2.13. The van der Waals surface area contributed by atoms with Crippen LogP contribution in [-0.4, -0.2) is 8.76 Å². The first-order valence-electron chi connectivity index (χ1n) is 6.02. The van der Waals surface area contributed by atoms with Crippen molar-refractivity contribution < 1.29 is 26.3 Å². The Bertz CT molecular complexity index is 731. The van der Waals surface area contributed by atoms with Crippen LogP contribution < -0.4 is 4.72 Å². The van der Waals surface area contributed by atoms with Crippen molar-refractivity contribution in [1.82, 2.24) is 0 Å². The van der Waals surface area contributed by atoms with Crippen LogP contribution in [0.2, 0.25) is 0 Å².